The van der Waals surface area contributed by atoms with Gasteiger partial charge in [0.1, 0.15) is 5.03 Å². The van der Waals surface area contributed by atoms with Crippen molar-refractivity contribution in [2.24, 2.45) is 0 Å². The van der Waals surface area contributed by atoms with Crippen molar-refractivity contribution < 1.29 is 14.3 Å². The molecule has 1 amide bonds. The molecule has 0 saturated heterocycles. The Bertz CT molecular complexity index is 793. The number of hydrogen-bond donors (Lipinski definition) is 1. The number of pyridine rings is 1. The molecule has 27 heavy (non-hydrogen) atoms. The number of carbonyl (C=O) groups excluding carboxylic acids is 2. The number of hydrogen-bond acceptors (Lipinski definition) is 5. The van der Waals surface area contributed by atoms with Crippen LogP contribution >= 0.6 is 11.8 Å². The third-order valence-corrected chi connectivity index (χ3v) is 5.29. The first-order valence-corrected chi connectivity index (χ1v) is 9.88. The van der Waals surface area contributed by atoms with Gasteiger partial charge in [0.25, 0.3) is 5.91 Å². The van der Waals surface area contributed by atoms with Gasteiger partial charge in [0.15, 0.2) is 0 Å². The predicted octanol–water partition coefficient (Wildman–Crippen LogP) is 4.31. The van der Waals surface area contributed by atoms with Crippen LogP contribution in [0.5, 0.6) is 0 Å². The predicted molar refractivity (Wildman–Crippen MR) is 107 cm³/mol. The molecule has 1 heterocycles. The van der Waals surface area contributed by atoms with Gasteiger partial charge in [-0.3, -0.25) is 9.59 Å². The second kappa shape index (κ2) is 10.7. The standard InChI is InChI=1S/C21H26N2O3S/c1-15-10-11-17(14-16(15)2)27-21-18(8-7-13-23-21)20(25)22-12-6-4-5-9-19(24)26-3/h7-8,10-11,13-14H,4-6,9,12H2,1-3H3,(H,22,25). The number of benzene rings is 1. The van der Waals surface area contributed by atoms with Gasteiger partial charge in [-0.15, -0.1) is 0 Å². The highest BCUT2D eigenvalue weighted by Crippen LogP contribution is 2.29. The Morgan fingerprint density at radius 1 is 1.11 bits per heavy atom. The van der Waals surface area contributed by atoms with Gasteiger partial charge in [0.2, 0.25) is 0 Å². The molecule has 1 N–H and O–H groups in total. The van der Waals surface area contributed by atoms with Crippen molar-refractivity contribution in [2.45, 2.75) is 49.5 Å². The van der Waals surface area contributed by atoms with E-state index in [9.17, 15) is 9.59 Å². The highest BCUT2D eigenvalue weighted by atomic mass is 32.2. The van der Waals surface area contributed by atoms with Gasteiger partial charge in [0, 0.05) is 24.1 Å². The first kappa shape index (κ1) is 21.0. The Morgan fingerprint density at radius 3 is 2.67 bits per heavy atom. The number of esters is 1. The summed E-state index contributed by atoms with van der Waals surface area (Å²) in [7, 11) is 1.39. The molecule has 0 aliphatic carbocycles. The maximum absolute atomic E-state index is 12.5. The van der Waals surface area contributed by atoms with E-state index in [2.05, 4.69) is 41.0 Å². The van der Waals surface area contributed by atoms with Crippen molar-refractivity contribution in [3.05, 3.63) is 53.2 Å². The SMILES string of the molecule is COC(=O)CCCCCNC(=O)c1cccnc1Sc1ccc(C)c(C)c1. The summed E-state index contributed by atoms with van der Waals surface area (Å²) in [5.41, 5.74) is 3.04. The lowest BCUT2D eigenvalue weighted by atomic mass is 10.1. The molecule has 0 aliphatic rings. The maximum atomic E-state index is 12.5. The van der Waals surface area contributed by atoms with Crippen molar-refractivity contribution in [3.63, 3.8) is 0 Å². The van der Waals surface area contributed by atoms with E-state index < -0.39 is 0 Å². The summed E-state index contributed by atoms with van der Waals surface area (Å²) in [6.07, 6.45) is 4.58. The van der Waals surface area contributed by atoms with E-state index in [1.807, 2.05) is 6.07 Å². The Labute approximate surface area is 164 Å². The monoisotopic (exact) mass is 386 g/mol. The van der Waals surface area contributed by atoms with Crippen molar-refractivity contribution >= 4 is 23.6 Å². The van der Waals surface area contributed by atoms with Crippen LogP contribution in [0, 0.1) is 13.8 Å². The van der Waals surface area contributed by atoms with Crippen LogP contribution in [0.3, 0.4) is 0 Å². The van der Waals surface area contributed by atoms with E-state index in [-0.39, 0.29) is 11.9 Å². The molecule has 0 aliphatic heterocycles. The number of nitrogens with one attached hydrogen (secondary N) is 1. The van der Waals surface area contributed by atoms with E-state index in [1.165, 1.54) is 30.0 Å². The Kier molecular flexibility index (Phi) is 8.33. The Morgan fingerprint density at radius 2 is 1.93 bits per heavy atom. The first-order chi connectivity index (χ1) is 13.0. The van der Waals surface area contributed by atoms with Gasteiger partial charge in [-0.25, -0.2) is 4.98 Å². The van der Waals surface area contributed by atoms with Crippen molar-refractivity contribution in [1.82, 2.24) is 10.3 Å². The van der Waals surface area contributed by atoms with E-state index in [0.717, 1.165) is 24.2 Å². The molecule has 6 heteroatoms. The summed E-state index contributed by atoms with van der Waals surface area (Å²) >= 11 is 1.50. The molecule has 0 radical (unpaired) electrons. The average Bonchev–Trinajstić information content (AvgIpc) is 2.67. The molecule has 1 aromatic heterocycles. The minimum atomic E-state index is -0.192. The van der Waals surface area contributed by atoms with Crippen LogP contribution in [0.15, 0.2) is 46.5 Å². The van der Waals surface area contributed by atoms with Gasteiger partial charge in [-0.05, 0) is 62.1 Å². The van der Waals surface area contributed by atoms with Gasteiger partial charge in [-0.1, -0.05) is 24.2 Å². The summed E-state index contributed by atoms with van der Waals surface area (Å²) in [4.78, 5) is 29.0. The second-order valence-electron chi connectivity index (χ2n) is 6.35. The smallest absolute Gasteiger partial charge is 0.305 e. The summed E-state index contributed by atoms with van der Waals surface area (Å²) in [5, 5.41) is 3.64. The van der Waals surface area contributed by atoms with E-state index in [1.54, 1.807) is 18.3 Å². The Hall–Kier alpha value is -2.34. The largest absolute Gasteiger partial charge is 0.469 e. The average molecular weight is 387 g/mol. The zero-order chi connectivity index (χ0) is 19.6. The van der Waals surface area contributed by atoms with Crippen LogP contribution in [0.25, 0.3) is 0 Å². The van der Waals surface area contributed by atoms with Crippen LogP contribution in [0.2, 0.25) is 0 Å². The molecule has 0 atom stereocenters. The number of amides is 1. The highest BCUT2D eigenvalue weighted by molar-refractivity contribution is 7.99. The maximum Gasteiger partial charge on any atom is 0.305 e. The molecule has 2 aromatic rings. The Balaban J connectivity index is 1.89. The van der Waals surface area contributed by atoms with Gasteiger partial charge in [-0.2, -0.15) is 0 Å². The third kappa shape index (κ3) is 6.71. The van der Waals surface area contributed by atoms with Crippen molar-refractivity contribution in [1.29, 1.82) is 0 Å². The van der Waals surface area contributed by atoms with Gasteiger partial charge < -0.3 is 10.1 Å². The fourth-order valence-electron chi connectivity index (χ4n) is 2.50. The summed E-state index contributed by atoms with van der Waals surface area (Å²) in [5.74, 6) is -0.315. The molecular formula is C21H26N2O3S. The van der Waals surface area contributed by atoms with E-state index in [4.69, 9.17) is 0 Å². The van der Waals surface area contributed by atoms with Gasteiger partial charge in [0.05, 0.1) is 12.7 Å². The number of methoxy groups -OCH3 is 1. The lowest BCUT2D eigenvalue weighted by Crippen LogP contribution is -2.25. The number of unbranched alkanes of at least 4 members (excludes halogenated alkanes) is 2. The number of nitrogens with zero attached hydrogens (tertiary/aromatic N) is 1. The summed E-state index contributed by atoms with van der Waals surface area (Å²) < 4.78 is 4.61. The van der Waals surface area contributed by atoms with Gasteiger partial charge >= 0.3 is 5.97 Å². The first-order valence-electron chi connectivity index (χ1n) is 9.06. The highest BCUT2D eigenvalue weighted by Gasteiger charge is 2.13. The topological polar surface area (TPSA) is 68.3 Å². The summed E-state index contributed by atoms with van der Waals surface area (Å²) in [6, 6.07) is 9.80. The molecule has 1 aromatic carbocycles. The quantitative estimate of drug-likeness (QED) is 0.514. The molecule has 0 fully saturated rings. The third-order valence-electron chi connectivity index (χ3n) is 4.28. The number of rotatable bonds is 9. The van der Waals surface area contributed by atoms with Crippen LogP contribution in [-0.2, 0) is 9.53 Å². The van der Waals surface area contributed by atoms with Crippen LogP contribution in [-0.4, -0.2) is 30.5 Å². The molecule has 2 rings (SSSR count). The van der Waals surface area contributed by atoms with Crippen molar-refractivity contribution in [3.8, 4) is 0 Å². The second-order valence-corrected chi connectivity index (χ2v) is 7.41. The number of carbonyl (C=O) groups is 2. The molecule has 0 spiro atoms. The van der Waals surface area contributed by atoms with Crippen LogP contribution < -0.4 is 5.32 Å². The molecule has 5 nitrogen and oxygen atoms in total. The van der Waals surface area contributed by atoms with E-state index >= 15 is 0 Å². The van der Waals surface area contributed by atoms with E-state index in [0.29, 0.717) is 23.6 Å². The zero-order valence-corrected chi connectivity index (χ0v) is 16.9. The number of aryl methyl sites for hydroxylation is 2. The fraction of sp³-hybridized carbons (Fsp3) is 0.381. The lowest BCUT2D eigenvalue weighted by molar-refractivity contribution is -0.140. The lowest BCUT2D eigenvalue weighted by Gasteiger charge is -2.10. The van der Waals surface area contributed by atoms with Crippen LogP contribution in [0.4, 0.5) is 0 Å². The molecular weight excluding hydrogens is 360 g/mol. The minimum absolute atomic E-state index is 0.123. The summed E-state index contributed by atoms with van der Waals surface area (Å²) in [6.45, 7) is 4.73. The fourth-order valence-corrected chi connectivity index (χ4v) is 3.48. The molecule has 144 valence electrons. The van der Waals surface area contributed by atoms with Crippen LogP contribution in [0.1, 0.15) is 47.2 Å². The normalized spacial score (nSPS) is 10.5. The number of ether oxygens (including phenoxy) is 1. The minimum Gasteiger partial charge on any atom is -0.469 e. The molecule has 0 unspecified atom stereocenters. The number of aromatic nitrogens is 1. The molecule has 0 saturated carbocycles. The zero-order valence-electron chi connectivity index (χ0n) is 16.1. The molecule has 0 bridgehead atoms. The van der Waals surface area contributed by atoms with Crippen molar-refractivity contribution in [2.75, 3.05) is 13.7 Å².